The molecule has 1 rings (SSSR count). The summed E-state index contributed by atoms with van der Waals surface area (Å²) in [5, 5.41) is 9.46. The van der Waals surface area contributed by atoms with Gasteiger partial charge < -0.3 is 9.84 Å². The van der Waals surface area contributed by atoms with Crippen LogP contribution in [0.25, 0.3) is 0 Å². The number of nitrogens with zero attached hydrogens (tertiary/aromatic N) is 1. The average Bonchev–Trinajstić information content (AvgIpc) is 2.30. The molecule has 1 N–H and O–H groups in total. The SMILES string of the molecule is CC(C(=O)O)N(C)CCOc1ccc(Cl)cc1. The Morgan fingerprint density at radius 1 is 1.47 bits per heavy atom. The van der Waals surface area contributed by atoms with Crippen molar-refractivity contribution in [3.8, 4) is 5.75 Å². The summed E-state index contributed by atoms with van der Waals surface area (Å²) in [5.41, 5.74) is 0. The summed E-state index contributed by atoms with van der Waals surface area (Å²) < 4.78 is 5.47. The van der Waals surface area contributed by atoms with Crippen molar-refractivity contribution in [2.75, 3.05) is 20.2 Å². The summed E-state index contributed by atoms with van der Waals surface area (Å²) >= 11 is 5.74. The zero-order chi connectivity index (χ0) is 12.8. The molecule has 0 aliphatic rings. The number of ether oxygens (including phenoxy) is 1. The van der Waals surface area contributed by atoms with E-state index in [2.05, 4.69) is 0 Å². The van der Waals surface area contributed by atoms with Gasteiger partial charge in [-0.25, -0.2) is 0 Å². The average molecular weight is 258 g/mol. The lowest BCUT2D eigenvalue weighted by atomic mass is 10.3. The molecule has 0 saturated heterocycles. The van der Waals surface area contributed by atoms with E-state index in [1.165, 1.54) is 0 Å². The Balaban J connectivity index is 2.32. The fourth-order valence-corrected chi connectivity index (χ4v) is 1.35. The molecule has 0 aliphatic carbocycles. The minimum atomic E-state index is -0.834. The largest absolute Gasteiger partial charge is 0.492 e. The summed E-state index contributed by atoms with van der Waals surface area (Å²) in [6, 6.07) is 6.55. The van der Waals surface area contributed by atoms with Gasteiger partial charge in [0.25, 0.3) is 0 Å². The summed E-state index contributed by atoms with van der Waals surface area (Å²) in [4.78, 5) is 12.4. The Morgan fingerprint density at radius 2 is 2.06 bits per heavy atom. The molecule has 0 spiro atoms. The van der Waals surface area contributed by atoms with Crippen LogP contribution in [0, 0.1) is 0 Å². The van der Waals surface area contributed by atoms with Crippen LogP contribution in [0.2, 0.25) is 5.02 Å². The number of halogens is 1. The molecule has 1 unspecified atom stereocenters. The zero-order valence-corrected chi connectivity index (χ0v) is 10.6. The molecule has 1 atom stereocenters. The lowest BCUT2D eigenvalue weighted by Crippen LogP contribution is -2.38. The lowest BCUT2D eigenvalue weighted by Gasteiger charge is -2.20. The van der Waals surface area contributed by atoms with Crippen molar-refractivity contribution in [2.24, 2.45) is 0 Å². The highest BCUT2D eigenvalue weighted by Gasteiger charge is 2.15. The second kappa shape index (κ2) is 6.47. The van der Waals surface area contributed by atoms with Crippen molar-refractivity contribution in [1.82, 2.24) is 4.90 Å². The second-order valence-corrected chi connectivity index (χ2v) is 4.23. The molecule has 4 nitrogen and oxygen atoms in total. The second-order valence-electron chi connectivity index (χ2n) is 3.80. The van der Waals surface area contributed by atoms with Gasteiger partial charge in [0, 0.05) is 11.6 Å². The van der Waals surface area contributed by atoms with E-state index >= 15 is 0 Å². The summed E-state index contributed by atoms with van der Waals surface area (Å²) in [6.45, 7) is 2.64. The van der Waals surface area contributed by atoms with Gasteiger partial charge in [-0.05, 0) is 38.2 Å². The molecule has 0 amide bonds. The van der Waals surface area contributed by atoms with Gasteiger partial charge in [0.2, 0.25) is 0 Å². The van der Waals surface area contributed by atoms with E-state index < -0.39 is 12.0 Å². The van der Waals surface area contributed by atoms with E-state index in [4.69, 9.17) is 21.4 Å². The van der Waals surface area contributed by atoms with Gasteiger partial charge in [-0.1, -0.05) is 11.6 Å². The van der Waals surface area contributed by atoms with Crippen molar-refractivity contribution in [3.63, 3.8) is 0 Å². The van der Waals surface area contributed by atoms with Crippen LogP contribution < -0.4 is 4.74 Å². The van der Waals surface area contributed by atoms with Crippen LogP contribution in [-0.2, 0) is 4.79 Å². The molecule has 94 valence electrons. The van der Waals surface area contributed by atoms with Gasteiger partial charge in [0.15, 0.2) is 0 Å². The van der Waals surface area contributed by atoms with Crippen LogP contribution in [0.1, 0.15) is 6.92 Å². The molecule has 1 aromatic rings. The number of hydrogen-bond donors (Lipinski definition) is 1. The molecule has 0 aromatic heterocycles. The van der Waals surface area contributed by atoms with Gasteiger partial charge >= 0.3 is 5.97 Å². The quantitative estimate of drug-likeness (QED) is 0.848. The number of carboxylic acids is 1. The van der Waals surface area contributed by atoms with E-state index in [1.807, 2.05) is 0 Å². The first kappa shape index (κ1) is 13.8. The predicted molar refractivity (Wildman–Crippen MR) is 66.7 cm³/mol. The lowest BCUT2D eigenvalue weighted by molar-refractivity contribution is -0.142. The highest BCUT2D eigenvalue weighted by molar-refractivity contribution is 6.30. The van der Waals surface area contributed by atoms with Gasteiger partial charge in [0.1, 0.15) is 18.4 Å². The van der Waals surface area contributed by atoms with Crippen molar-refractivity contribution in [2.45, 2.75) is 13.0 Å². The Bertz CT molecular complexity index is 367. The predicted octanol–water partition coefficient (Wildman–Crippen LogP) is 2.12. The third-order valence-electron chi connectivity index (χ3n) is 2.54. The Kier molecular flexibility index (Phi) is 5.25. The number of hydrogen-bond acceptors (Lipinski definition) is 3. The van der Waals surface area contributed by atoms with Crippen molar-refractivity contribution < 1.29 is 14.6 Å². The van der Waals surface area contributed by atoms with Crippen LogP contribution in [0.3, 0.4) is 0 Å². The van der Waals surface area contributed by atoms with E-state index in [1.54, 1.807) is 43.1 Å². The summed E-state index contributed by atoms with van der Waals surface area (Å²) in [6.07, 6.45) is 0. The first-order valence-corrected chi connectivity index (χ1v) is 5.70. The third kappa shape index (κ3) is 4.63. The van der Waals surface area contributed by atoms with Crippen LogP contribution in [-0.4, -0.2) is 42.2 Å². The molecule has 5 heteroatoms. The highest BCUT2D eigenvalue weighted by atomic mass is 35.5. The minimum Gasteiger partial charge on any atom is -0.492 e. The number of likely N-dealkylation sites (N-methyl/N-ethyl adjacent to an activating group) is 1. The molecule has 0 radical (unpaired) electrons. The van der Waals surface area contributed by atoms with Crippen LogP contribution >= 0.6 is 11.6 Å². The molecular formula is C12H16ClNO3. The summed E-state index contributed by atoms with van der Waals surface area (Å²) in [7, 11) is 1.75. The smallest absolute Gasteiger partial charge is 0.320 e. The normalized spacial score (nSPS) is 12.5. The van der Waals surface area contributed by atoms with Crippen molar-refractivity contribution >= 4 is 17.6 Å². The first-order valence-electron chi connectivity index (χ1n) is 5.32. The van der Waals surface area contributed by atoms with Crippen molar-refractivity contribution in [3.05, 3.63) is 29.3 Å². The number of carbonyl (C=O) groups is 1. The third-order valence-corrected chi connectivity index (χ3v) is 2.80. The Hall–Kier alpha value is -1.26. The van der Waals surface area contributed by atoms with Crippen LogP contribution in [0.4, 0.5) is 0 Å². The fourth-order valence-electron chi connectivity index (χ4n) is 1.22. The maximum atomic E-state index is 10.7. The molecular weight excluding hydrogens is 242 g/mol. The highest BCUT2D eigenvalue weighted by Crippen LogP contribution is 2.15. The molecule has 17 heavy (non-hydrogen) atoms. The molecule has 0 aliphatic heterocycles. The van der Waals surface area contributed by atoms with E-state index in [0.29, 0.717) is 18.2 Å². The van der Waals surface area contributed by atoms with Gasteiger partial charge in [0.05, 0.1) is 0 Å². The monoisotopic (exact) mass is 257 g/mol. The molecule has 1 aromatic carbocycles. The maximum Gasteiger partial charge on any atom is 0.320 e. The Labute approximate surface area is 106 Å². The van der Waals surface area contributed by atoms with Gasteiger partial charge in [-0.3, -0.25) is 9.69 Å². The number of benzene rings is 1. The van der Waals surface area contributed by atoms with E-state index in [9.17, 15) is 4.79 Å². The van der Waals surface area contributed by atoms with Crippen molar-refractivity contribution in [1.29, 1.82) is 0 Å². The van der Waals surface area contributed by atoms with E-state index in [0.717, 1.165) is 5.75 Å². The minimum absolute atomic E-state index is 0.440. The molecule has 0 saturated carbocycles. The maximum absolute atomic E-state index is 10.7. The number of rotatable bonds is 6. The number of aliphatic carboxylic acids is 1. The molecule has 0 heterocycles. The summed E-state index contributed by atoms with van der Waals surface area (Å²) in [5.74, 6) is -0.107. The molecule has 0 fully saturated rings. The topological polar surface area (TPSA) is 49.8 Å². The Morgan fingerprint density at radius 3 is 2.59 bits per heavy atom. The molecule has 0 bridgehead atoms. The first-order chi connectivity index (χ1) is 8.00. The van der Waals surface area contributed by atoms with Gasteiger partial charge in [-0.15, -0.1) is 0 Å². The van der Waals surface area contributed by atoms with Crippen LogP contribution in [0.5, 0.6) is 5.75 Å². The van der Waals surface area contributed by atoms with Crippen LogP contribution in [0.15, 0.2) is 24.3 Å². The van der Waals surface area contributed by atoms with E-state index in [-0.39, 0.29) is 0 Å². The van der Waals surface area contributed by atoms with Gasteiger partial charge in [-0.2, -0.15) is 0 Å². The fraction of sp³-hybridized carbons (Fsp3) is 0.417. The standard InChI is InChI=1S/C12H16ClNO3/c1-9(12(15)16)14(2)7-8-17-11-5-3-10(13)4-6-11/h3-6,9H,7-8H2,1-2H3,(H,15,16). The number of carboxylic acid groups (broad SMARTS) is 1. The zero-order valence-electron chi connectivity index (χ0n) is 9.89.